The van der Waals surface area contributed by atoms with Crippen LogP contribution in [0.2, 0.25) is 5.35 Å². The van der Waals surface area contributed by atoms with Crippen LogP contribution in [0.25, 0.3) is 11.6 Å². The van der Waals surface area contributed by atoms with Crippen LogP contribution >= 0.6 is 11.6 Å². The van der Waals surface area contributed by atoms with Gasteiger partial charge in [0.2, 0.25) is 0 Å². The minimum atomic E-state index is 0.0228. The molecule has 0 amide bonds. The average molecular weight is 171 g/mol. The van der Waals surface area contributed by atoms with E-state index in [1.807, 2.05) is 0 Å². The molecular weight excluding hydrogens is 168 g/mol. The summed E-state index contributed by atoms with van der Waals surface area (Å²) in [6, 6.07) is 1.71. The molecule has 0 spiro atoms. The van der Waals surface area contributed by atoms with Crippen LogP contribution in [0.3, 0.4) is 0 Å². The Bertz CT molecular complexity index is 341. The molecule has 0 aromatic carbocycles. The second-order valence-corrected chi connectivity index (χ2v) is 2.15. The van der Waals surface area contributed by atoms with Gasteiger partial charge in [-0.25, -0.2) is 0 Å². The molecule has 0 radical (unpaired) electrons. The summed E-state index contributed by atoms with van der Waals surface area (Å²) in [5, 5.41) is 13.5. The molecule has 0 fully saturated rings. The third-order valence-electron chi connectivity index (χ3n) is 1.13. The van der Waals surface area contributed by atoms with Crippen molar-refractivity contribution >= 4 is 11.6 Å². The average Bonchev–Trinajstić information content (AvgIpc) is 2.55. The number of aromatic nitrogens is 4. The van der Waals surface area contributed by atoms with Crippen molar-refractivity contribution in [1.82, 2.24) is 20.4 Å². The maximum atomic E-state index is 5.40. The summed E-state index contributed by atoms with van der Waals surface area (Å²) in [5.74, 6) is 0.340. The summed E-state index contributed by atoms with van der Waals surface area (Å²) in [6.07, 6.45) is 1.59. The van der Waals surface area contributed by atoms with E-state index in [0.717, 1.165) is 0 Å². The van der Waals surface area contributed by atoms with Gasteiger partial charge in [0.25, 0.3) is 5.89 Å². The normalized spacial score (nSPS) is 10.3. The SMILES string of the molecule is Clc1nnc(-c2ccn[nH]2)o1. The van der Waals surface area contributed by atoms with Gasteiger partial charge in [0.15, 0.2) is 0 Å². The number of rotatable bonds is 1. The molecular formula is C5H3ClN4O. The lowest BCUT2D eigenvalue weighted by atomic mass is 10.4. The molecule has 0 aliphatic rings. The molecule has 56 valence electrons. The van der Waals surface area contributed by atoms with Gasteiger partial charge in [-0.15, -0.1) is 5.10 Å². The Morgan fingerprint density at radius 3 is 2.91 bits per heavy atom. The van der Waals surface area contributed by atoms with Gasteiger partial charge >= 0.3 is 5.35 Å². The molecule has 11 heavy (non-hydrogen) atoms. The van der Waals surface area contributed by atoms with Crippen molar-refractivity contribution in [3.05, 3.63) is 17.6 Å². The summed E-state index contributed by atoms with van der Waals surface area (Å²) in [6.45, 7) is 0. The highest BCUT2D eigenvalue weighted by atomic mass is 35.5. The van der Waals surface area contributed by atoms with E-state index < -0.39 is 0 Å². The third kappa shape index (κ3) is 1.10. The van der Waals surface area contributed by atoms with Crippen LogP contribution in [0.1, 0.15) is 0 Å². The first-order valence-electron chi connectivity index (χ1n) is 2.85. The van der Waals surface area contributed by atoms with Crippen molar-refractivity contribution in [2.75, 3.05) is 0 Å². The van der Waals surface area contributed by atoms with E-state index in [0.29, 0.717) is 11.6 Å². The highest BCUT2D eigenvalue weighted by molar-refractivity contribution is 6.27. The zero-order valence-corrected chi connectivity index (χ0v) is 6.04. The number of nitrogens with zero attached hydrogens (tertiary/aromatic N) is 3. The Balaban J connectivity index is 2.45. The molecule has 0 saturated carbocycles. The molecule has 6 heteroatoms. The lowest BCUT2D eigenvalue weighted by molar-refractivity contribution is 0.568. The Labute approximate surface area is 66.4 Å². The molecule has 2 heterocycles. The van der Waals surface area contributed by atoms with Crippen molar-refractivity contribution < 1.29 is 4.42 Å². The lowest BCUT2D eigenvalue weighted by Gasteiger charge is -1.82. The van der Waals surface area contributed by atoms with Gasteiger partial charge in [0.1, 0.15) is 5.69 Å². The molecule has 0 aliphatic carbocycles. The van der Waals surface area contributed by atoms with Crippen LogP contribution in [0.15, 0.2) is 16.7 Å². The standard InChI is InChI=1S/C5H3ClN4O/c6-5-10-9-4(11-5)3-1-2-7-8-3/h1-2H,(H,7,8). The van der Waals surface area contributed by atoms with Gasteiger partial charge in [-0.05, 0) is 17.7 Å². The number of aromatic amines is 1. The van der Waals surface area contributed by atoms with E-state index in [1.54, 1.807) is 12.3 Å². The van der Waals surface area contributed by atoms with Crippen molar-refractivity contribution in [2.45, 2.75) is 0 Å². The topological polar surface area (TPSA) is 67.6 Å². The van der Waals surface area contributed by atoms with Crippen LogP contribution in [0.4, 0.5) is 0 Å². The summed E-state index contributed by atoms with van der Waals surface area (Å²) in [7, 11) is 0. The minimum absolute atomic E-state index is 0.0228. The monoisotopic (exact) mass is 170 g/mol. The summed E-state index contributed by atoms with van der Waals surface area (Å²) < 4.78 is 4.90. The van der Waals surface area contributed by atoms with Gasteiger partial charge in [-0.3, -0.25) is 5.10 Å². The predicted molar refractivity (Wildman–Crippen MR) is 36.9 cm³/mol. The first-order chi connectivity index (χ1) is 5.36. The van der Waals surface area contributed by atoms with E-state index in [2.05, 4.69) is 20.4 Å². The third-order valence-corrected chi connectivity index (χ3v) is 1.28. The smallest absolute Gasteiger partial charge is 0.313 e. The van der Waals surface area contributed by atoms with Crippen molar-refractivity contribution in [1.29, 1.82) is 0 Å². The Kier molecular flexibility index (Phi) is 1.36. The highest BCUT2D eigenvalue weighted by Gasteiger charge is 2.06. The van der Waals surface area contributed by atoms with Crippen LogP contribution < -0.4 is 0 Å². The zero-order chi connectivity index (χ0) is 7.68. The summed E-state index contributed by atoms with van der Waals surface area (Å²) in [5.41, 5.74) is 0.657. The molecule has 2 aromatic heterocycles. The molecule has 0 bridgehead atoms. The molecule has 0 unspecified atom stereocenters. The molecule has 0 saturated heterocycles. The molecule has 1 N–H and O–H groups in total. The van der Waals surface area contributed by atoms with Gasteiger partial charge in [-0.2, -0.15) is 5.10 Å². The molecule has 0 aliphatic heterocycles. The number of halogens is 1. The van der Waals surface area contributed by atoms with Crippen LogP contribution in [-0.4, -0.2) is 20.4 Å². The van der Waals surface area contributed by atoms with E-state index in [1.165, 1.54) is 0 Å². The maximum absolute atomic E-state index is 5.40. The molecule has 2 aromatic rings. The number of hydrogen-bond acceptors (Lipinski definition) is 4. The van der Waals surface area contributed by atoms with Crippen LogP contribution in [0, 0.1) is 0 Å². The predicted octanol–water partition coefficient (Wildman–Crippen LogP) is 1.11. The first kappa shape index (κ1) is 6.36. The lowest BCUT2D eigenvalue weighted by Crippen LogP contribution is -1.76. The van der Waals surface area contributed by atoms with Gasteiger partial charge < -0.3 is 4.42 Å². The largest absolute Gasteiger partial charge is 0.406 e. The number of H-pyrrole nitrogens is 1. The van der Waals surface area contributed by atoms with Gasteiger partial charge in [-0.1, -0.05) is 5.10 Å². The van der Waals surface area contributed by atoms with E-state index >= 15 is 0 Å². The van der Waals surface area contributed by atoms with Crippen molar-refractivity contribution in [2.24, 2.45) is 0 Å². The maximum Gasteiger partial charge on any atom is 0.313 e. The van der Waals surface area contributed by atoms with E-state index in [4.69, 9.17) is 16.0 Å². The van der Waals surface area contributed by atoms with E-state index in [9.17, 15) is 0 Å². The van der Waals surface area contributed by atoms with Gasteiger partial charge in [0.05, 0.1) is 0 Å². The fourth-order valence-electron chi connectivity index (χ4n) is 0.689. The molecule has 5 nitrogen and oxygen atoms in total. The van der Waals surface area contributed by atoms with Crippen molar-refractivity contribution in [3.8, 4) is 11.6 Å². The number of nitrogens with one attached hydrogen (secondary N) is 1. The minimum Gasteiger partial charge on any atom is -0.406 e. The second-order valence-electron chi connectivity index (χ2n) is 1.83. The first-order valence-corrected chi connectivity index (χ1v) is 3.23. The molecule has 2 rings (SSSR count). The number of hydrogen-bond donors (Lipinski definition) is 1. The van der Waals surface area contributed by atoms with Crippen LogP contribution in [-0.2, 0) is 0 Å². The zero-order valence-electron chi connectivity index (χ0n) is 5.28. The highest BCUT2D eigenvalue weighted by Crippen LogP contribution is 2.15. The Morgan fingerprint density at radius 1 is 1.45 bits per heavy atom. The Morgan fingerprint density at radius 2 is 2.36 bits per heavy atom. The van der Waals surface area contributed by atoms with Crippen LogP contribution in [0.5, 0.6) is 0 Å². The van der Waals surface area contributed by atoms with Crippen molar-refractivity contribution in [3.63, 3.8) is 0 Å². The fraction of sp³-hybridized carbons (Fsp3) is 0. The Hall–Kier alpha value is -1.36. The fourth-order valence-corrected chi connectivity index (χ4v) is 0.800. The second kappa shape index (κ2) is 2.35. The van der Waals surface area contributed by atoms with Gasteiger partial charge in [0, 0.05) is 6.20 Å². The quantitative estimate of drug-likeness (QED) is 0.696. The van der Waals surface area contributed by atoms with E-state index in [-0.39, 0.29) is 5.35 Å². The summed E-state index contributed by atoms with van der Waals surface area (Å²) >= 11 is 5.40. The molecule has 0 atom stereocenters. The summed E-state index contributed by atoms with van der Waals surface area (Å²) in [4.78, 5) is 0.